The predicted molar refractivity (Wildman–Crippen MR) is 491 cm³/mol. The van der Waals surface area contributed by atoms with E-state index >= 15 is 0 Å². The number of hydrogen-bond acceptors (Lipinski definition) is 19. The van der Waals surface area contributed by atoms with E-state index in [4.69, 9.17) is 18.9 Å². The minimum Gasteiger partial charge on any atom is -0.444 e. The highest BCUT2D eigenvalue weighted by atomic mass is 16.6. The van der Waals surface area contributed by atoms with Gasteiger partial charge in [0.15, 0.2) is 0 Å². The summed E-state index contributed by atoms with van der Waals surface area (Å²) >= 11 is 0. The van der Waals surface area contributed by atoms with E-state index in [1.165, 1.54) is 111 Å². The third kappa shape index (κ3) is 44.6. The second-order valence-electron chi connectivity index (χ2n) is 44.0. The van der Waals surface area contributed by atoms with Gasteiger partial charge in [0.05, 0.1) is 11.6 Å². The molecular weight excluding hydrogens is 1460 g/mol. The molecule has 0 aromatic heterocycles. The van der Waals surface area contributed by atoms with Crippen molar-refractivity contribution in [1.82, 2.24) is 73.5 Å². The van der Waals surface area contributed by atoms with E-state index in [1.54, 1.807) is 4.90 Å². The zero-order valence-electron chi connectivity index (χ0n) is 84.0. The van der Waals surface area contributed by atoms with Crippen molar-refractivity contribution in [2.45, 2.75) is 383 Å². The quantitative estimate of drug-likeness (QED) is 0.211. The first-order valence-electron chi connectivity index (χ1n) is 45.9. The molecule has 8 heterocycles. The van der Waals surface area contributed by atoms with Crippen molar-refractivity contribution >= 4 is 24.4 Å². The molecule has 0 radical (unpaired) electrons. The molecule has 4 amide bonds. The van der Waals surface area contributed by atoms with E-state index in [2.05, 4.69) is 255 Å². The molecule has 8 aliphatic rings. The molecule has 3 unspecified atom stereocenters. The number of amides is 4. The monoisotopic (exact) mass is 1650 g/mol. The Bertz CT molecular complexity index is 2690. The summed E-state index contributed by atoms with van der Waals surface area (Å²) < 4.78 is 21.8. The third-order valence-corrected chi connectivity index (χ3v) is 23.2. The van der Waals surface area contributed by atoms with Crippen LogP contribution < -0.4 is 0 Å². The molecule has 688 valence electrons. The fraction of sp³-hybridized carbons (Fsp3) is 0.957. The minimum atomic E-state index is -0.428. The first kappa shape index (κ1) is 111. The molecule has 0 saturated carbocycles. The number of hydrogen-bond donors (Lipinski definition) is 0. The molecule has 8 fully saturated rings. The van der Waals surface area contributed by atoms with E-state index < -0.39 is 22.4 Å². The standard InChI is InChI=1S/C15H30N2O2.2C14H28N2O2.C12H24N2O2.C11H24N2.2C9H20N2.C9H19N/c1-11(2)13-10-16(12(3)4)8-9-17(13)14(18)19-15(5,6)7;1-11-10-15(13(2,3)4)8-9-16(11)12(17)18-14(5,6)7;1-11(2)15-8-9-16(14(6,7)10-15)12(17)18-13(3,4)5;1-10(2)13-6-8-14(9-7-13)11(15)16-12(3,4)5;1-10(2)12-6-8-13(9-7-12)11(3,4)5;1-9(2,3)11-7-5-10(4)6-8-11;1-4-10-5-7-11(8-6-10)9(2)3;1-8(2)10-6-4-5-9(3)7-10/h11-13H,8-10H2,1-7H3;2*11H,8-10H2,1-7H3;10H,6-9H2,1-5H3;10H,6-9H2,1-5H3;5-8H2,1-4H3;9H,4-8H2,1-3H3;8-9H,4-7H2,1-3H3. The fourth-order valence-electron chi connectivity index (χ4n) is 15.3. The molecule has 0 aliphatic carbocycles. The first-order chi connectivity index (χ1) is 52.8. The van der Waals surface area contributed by atoms with Gasteiger partial charge in [-0.25, -0.2) is 19.2 Å². The van der Waals surface area contributed by atoms with Crippen LogP contribution in [0, 0.1) is 11.8 Å². The molecular formula is C93H193N15O8. The summed E-state index contributed by atoms with van der Waals surface area (Å²) in [5, 5.41) is 0. The summed E-state index contributed by atoms with van der Waals surface area (Å²) in [6.07, 6.45) is 2.09. The SMILES string of the molecule is CC(C)C1CN(C(C)C)CCN1C(=O)OC(C)(C)C.CC(C)N1CCN(C(=O)OC(C)(C)C)C(C)(C)C1.CC(C)N1CCN(C(=O)OC(C)(C)C)CC1.CC(C)N1CCN(C(C)(C)C)CC1.CC1CCCN(C(C)C)C1.CC1CN(C(C)(C)C)CCN1C(=O)OC(C)(C)C.CCN1CCN(C(C)C)CC1.CN1CCN(C(C)(C)C)CC1. The van der Waals surface area contributed by atoms with E-state index in [9.17, 15) is 19.2 Å². The highest BCUT2D eigenvalue weighted by molar-refractivity contribution is 5.70. The summed E-state index contributed by atoms with van der Waals surface area (Å²) in [7, 11) is 2.19. The van der Waals surface area contributed by atoms with Gasteiger partial charge >= 0.3 is 24.4 Å². The van der Waals surface area contributed by atoms with Gasteiger partial charge in [-0.05, 0) is 294 Å². The molecule has 23 heteroatoms. The average molecular weight is 1650 g/mol. The number of likely N-dealkylation sites (N-methyl/N-ethyl adjacent to an activating group) is 2. The van der Waals surface area contributed by atoms with Crippen molar-refractivity contribution in [2.24, 2.45) is 11.8 Å². The van der Waals surface area contributed by atoms with Gasteiger partial charge in [-0.1, -0.05) is 27.7 Å². The van der Waals surface area contributed by atoms with Crippen molar-refractivity contribution in [3.8, 4) is 0 Å². The maximum Gasteiger partial charge on any atom is 0.410 e. The molecule has 0 spiro atoms. The van der Waals surface area contributed by atoms with Crippen LogP contribution in [0.3, 0.4) is 0 Å². The molecule has 23 nitrogen and oxygen atoms in total. The lowest BCUT2D eigenvalue weighted by atomic mass is 9.98. The molecule has 8 saturated heterocycles. The average Bonchev–Trinajstić information content (AvgIpc) is 0.801. The zero-order chi connectivity index (χ0) is 89.8. The molecule has 8 rings (SSSR count). The van der Waals surface area contributed by atoms with Gasteiger partial charge < -0.3 is 53.2 Å². The second-order valence-corrected chi connectivity index (χ2v) is 44.0. The Morgan fingerprint density at radius 1 is 0.353 bits per heavy atom. The molecule has 0 N–H and O–H groups in total. The second kappa shape index (κ2) is 49.8. The van der Waals surface area contributed by atoms with Crippen LogP contribution in [-0.4, -0.2) is 381 Å². The number of likely N-dealkylation sites (tertiary alicyclic amines) is 1. The van der Waals surface area contributed by atoms with E-state index in [-0.39, 0.29) is 47.5 Å². The lowest BCUT2D eigenvalue weighted by molar-refractivity contribution is -0.0284. The molecule has 0 aromatic carbocycles. The molecule has 3 atom stereocenters. The van der Waals surface area contributed by atoms with Crippen molar-refractivity contribution in [1.29, 1.82) is 0 Å². The van der Waals surface area contributed by atoms with Crippen molar-refractivity contribution in [2.75, 3.05) is 190 Å². The van der Waals surface area contributed by atoms with E-state index in [0.717, 1.165) is 103 Å². The van der Waals surface area contributed by atoms with Gasteiger partial charge in [0.1, 0.15) is 22.4 Å². The molecule has 0 aromatic rings. The highest BCUT2D eigenvalue weighted by Gasteiger charge is 2.41. The number of rotatable bonds is 8. The Balaban J connectivity index is 0.000000669. The molecule has 0 bridgehead atoms. The summed E-state index contributed by atoms with van der Waals surface area (Å²) in [4.78, 5) is 83.1. The van der Waals surface area contributed by atoms with Gasteiger partial charge in [-0.15, -0.1) is 0 Å². The van der Waals surface area contributed by atoms with Crippen LogP contribution in [0.15, 0.2) is 0 Å². The molecule has 8 aliphatic heterocycles. The van der Waals surface area contributed by atoms with Crippen LogP contribution in [0.25, 0.3) is 0 Å². The van der Waals surface area contributed by atoms with Crippen LogP contribution in [0.4, 0.5) is 19.2 Å². The summed E-state index contributed by atoms with van der Waals surface area (Å²) in [6, 6.07) is 4.24. The third-order valence-electron chi connectivity index (χ3n) is 23.2. The van der Waals surface area contributed by atoms with Crippen LogP contribution in [0.2, 0.25) is 0 Å². The number of carbonyl (C=O) groups excluding carboxylic acids is 4. The van der Waals surface area contributed by atoms with Crippen LogP contribution in [0.1, 0.15) is 290 Å². The van der Waals surface area contributed by atoms with Crippen LogP contribution in [-0.2, 0) is 18.9 Å². The van der Waals surface area contributed by atoms with E-state index in [1.807, 2.05) is 97.8 Å². The van der Waals surface area contributed by atoms with Gasteiger partial charge in [0.25, 0.3) is 0 Å². The Labute approximate surface area is 717 Å². The summed E-state index contributed by atoms with van der Waals surface area (Å²) in [6.45, 7) is 115. The normalized spacial score (nSPS) is 22.6. The Morgan fingerprint density at radius 3 is 1.03 bits per heavy atom. The number of piperazine rings is 7. The predicted octanol–water partition coefficient (Wildman–Crippen LogP) is 16.4. The number of nitrogens with zero attached hydrogens (tertiary/aromatic N) is 15. The highest BCUT2D eigenvalue weighted by Crippen LogP contribution is 2.28. The Morgan fingerprint density at radius 2 is 0.681 bits per heavy atom. The maximum absolute atomic E-state index is 12.3. The Hall–Kier alpha value is -3.36. The Kier molecular flexibility index (Phi) is 47.5. The van der Waals surface area contributed by atoms with Crippen molar-refractivity contribution < 1.29 is 38.1 Å². The lowest BCUT2D eigenvalue weighted by Gasteiger charge is -2.48. The van der Waals surface area contributed by atoms with Gasteiger partial charge in [0, 0.05) is 229 Å². The fourth-order valence-corrected chi connectivity index (χ4v) is 15.3. The van der Waals surface area contributed by atoms with Crippen molar-refractivity contribution in [3.63, 3.8) is 0 Å². The van der Waals surface area contributed by atoms with Crippen molar-refractivity contribution in [3.05, 3.63) is 0 Å². The lowest BCUT2D eigenvalue weighted by Crippen LogP contribution is -2.62. The smallest absolute Gasteiger partial charge is 0.410 e. The molecule has 116 heavy (non-hydrogen) atoms. The van der Waals surface area contributed by atoms with Gasteiger partial charge in [-0.2, -0.15) is 0 Å². The van der Waals surface area contributed by atoms with Gasteiger partial charge in [-0.3, -0.25) is 39.2 Å². The minimum absolute atomic E-state index is 0.161. The maximum atomic E-state index is 12.3. The van der Waals surface area contributed by atoms with Crippen LogP contribution >= 0.6 is 0 Å². The van der Waals surface area contributed by atoms with Gasteiger partial charge in [0.2, 0.25) is 0 Å². The number of piperidine rings is 1. The zero-order valence-corrected chi connectivity index (χ0v) is 84.0. The summed E-state index contributed by atoms with van der Waals surface area (Å²) in [5.74, 6) is 1.37. The topological polar surface area (TPSA) is 154 Å². The number of ether oxygens (including phenoxy) is 4. The largest absolute Gasteiger partial charge is 0.444 e. The summed E-state index contributed by atoms with van der Waals surface area (Å²) in [5.41, 5.74) is -0.968. The number of carbonyl (C=O) groups is 4. The van der Waals surface area contributed by atoms with Crippen LogP contribution in [0.5, 0.6) is 0 Å². The van der Waals surface area contributed by atoms with E-state index in [0.29, 0.717) is 41.2 Å². The first-order valence-corrected chi connectivity index (χ1v) is 45.9.